The number of primary amides is 1. The lowest BCUT2D eigenvalue weighted by Crippen LogP contribution is -2.43. The van der Waals surface area contributed by atoms with E-state index in [0.29, 0.717) is 30.9 Å². The maximum absolute atomic E-state index is 12.4. The Morgan fingerprint density at radius 1 is 1.24 bits per heavy atom. The third-order valence-corrected chi connectivity index (χ3v) is 5.14. The van der Waals surface area contributed by atoms with Gasteiger partial charge in [-0.3, -0.25) is 14.4 Å². The van der Waals surface area contributed by atoms with Crippen LogP contribution in [0, 0.1) is 5.92 Å². The van der Waals surface area contributed by atoms with Crippen molar-refractivity contribution in [3.8, 4) is 0 Å². The fourth-order valence-electron chi connectivity index (χ4n) is 2.76. The molecule has 1 aromatic heterocycles. The second-order valence-corrected chi connectivity index (χ2v) is 8.75. The van der Waals surface area contributed by atoms with E-state index < -0.39 is 41.5 Å². The Hall–Kier alpha value is -2.62. The topological polar surface area (TPSA) is 128 Å². The van der Waals surface area contributed by atoms with E-state index in [2.05, 4.69) is 5.32 Å². The van der Waals surface area contributed by atoms with E-state index >= 15 is 0 Å². The van der Waals surface area contributed by atoms with Crippen molar-refractivity contribution in [3.63, 3.8) is 0 Å². The molecule has 1 fully saturated rings. The Morgan fingerprint density at radius 3 is 2.41 bits per heavy atom. The monoisotopic (exact) mass is 425 g/mol. The minimum absolute atomic E-state index is 0.205. The number of hydrogen-bond acceptors (Lipinski definition) is 7. The molecule has 1 aliphatic heterocycles. The number of hydrogen-bond donors (Lipinski definition) is 2. The Balaban J connectivity index is 1.83. The highest BCUT2D eigenvalue weighted by Crippen LogP contribution is 2.24. The van der Waals surface area contributed by atoms with Crippen LogP contribution in [0.2, 0.25) is 0 Å². The van der Waals surface area contributed by atoms with Crippen LogP contribution in [0.4, 0.5) is 9.80 Å². The molecule has 0 radical (unpaired) electrons. The molecule has 2 heterocycles. The van der Waals surface area contributed by atoms with E-state index in [1.54, 1.807) is 31.1 Å². The van der Waals surface area contributed by atoms with Crippen LogP contribution in [0.1, 0.15) is 50.9 Å². The number of ether oxygens (including phenoxy) is 2. The number of thiophene rings is 1. The average Bonchev–Trinajstić information content (AvgIpc) is 3.08. The number of nitrogens with two attached hydrogens (primary N) is 1. The number of amides is 3. The van der Waals surface area contributed by atoms with Crippen molar-refractivity contribution in [1.82, 2.24) is 4.90 Å². The summed E-state index contributed by atoms with van der Waals surface area (Å²) in [5.41, 5.74) is 4.88. The first-order valence-corrected chi connectivity index (χ1v) is 10.2. The van der Waals surface area contributed by atoms with Crippen molar-refractivity contribution in [2.24, 2.45) is 11.7 Å². The fourth-order valence-corrected chi connectivity index (χ4v) is 3.56. The zero-order valence-electron chi connectivity index (χ0n) is 17.0. The predicted molar refractivity (Wildman–Crippen MR) is 108 cm³/mol. The average molecular weight is 426 g/mol. The van der Waals surface area contributed by atoms with Crippen LogP contribution >= 0.6 is 11.3 Å². The third-order valence-electron chi connectivity index (χ3n) is 4.31. The normalized spacial score (nSPS) is 16.1. The van der Waals surface area contributed by atoms with Gasteiger partial charge in [-0.2, -0.15) is 0 Å². The highest BCUT2D eigenvalue weighted by molar-refractivity contribution is 7.14. The summed E-state index contributed by atoms with van der Waals surface area (Å²) in [5.74, 6) is -2.08. The Morgan fingerprint density at radius 2 is 1.86 bits per heavy atom. The Labute approximate surface area is 173 Å². The van der Waals surface area contributed by atoms with Crippen molar-refractivity contribution < 1.29 is 28.7 Å². The van der Waals surface area contributed by atoms with Gasteiger partial charge in [0.25, 0.3) is 11.8 Å². The minimum Gasteiger partial charge on any atom is -0.452 e. The molecule has 9 nitrogen and oxygen atoms in total. The van der Waals surface area contributed by atoms with Crippen LogP contribution in [-0.2, 0) is 19.1 Å². The number of rotatable bonds is 5. The predicted octanol–water partition coefficient (Wildman–Crippen LogP) is 2.36. The summed E-state index contributed by atoms with van der Waals surface area (Å²) in [6.07, 6.45) is -0.570. The number of likely N-dealkylation sites (tertiary alicyclic amines) is 1. The standard InChI is InChI=1S/C19H27N3O6S/c1-11(15(24)21-16-13(14(20)23)7-10-29-16)27-17(25)12-5-8-22(9-6-12)18(26)28-19(2,3)4/h7,10-12H,5-6,8-9H2,1-4H3,(H2,20,23)(H,21,24). The van der Waals surface area contributed by atoms with Gasteiger partial charge in [0.05, 0.1) is 11.5 Å². The summed E-state index contributed by atoms with van der Waals surface area (Å²) >= 11 is 1.15. The van der Waals surface area contributed by atoms with Gasteiger partial charge >= 0.3 is 12.1 Å². The van der Waals surface area contributed by atoms with Gasteiger partial charge in [0.15, 0.2) is 6.10 Å². The zero-order valence-corrected chi connectivity index (χ0v) is 17.8. The van der Waals surface area contributed by atoms with Crippen LogP contribution in [0.15, 0.2) is 11.4 Å². The van der Waals surface area contributed by atoms with E-state index in [1.807, 2.05) is 0 Å². The largest absolute Gasteiger partial charge is 0.452 e. The summed E-state index contributed by atoms with van der Waals surface area (Å²) in [6.45, 7) is 7.61. The quantitative estimate of drug-likeness (QED) is 0.697. The fraction of sp³-hybridized carbons (Fsp3) is 0.579. The van der Waals surface area contributed by atoms with Crippen LogP contribution in [0.5, 0.6) is 0 Å². The maximum Gasteiger partial charge on any atom is 0.410 e. The zero-order chi connectivity index (χ0) is 21.8. The number of carbonyl (C=O) groups excluding carboxylic acids is 4. The summed E-state index contributed by atoms with van der Waals surface area (Å²) < 4.78 is 10.6. The van der Waals surface area contributed by atoms with Crippen LogP contribution in [0.3, 0.4) is 0 Å². The molecule has 0 aromatic carbocycles. The molecular weight excluding hydrogens is 398 g/mol. The molecular formula is C19H27N3O6S. The molecule has 0 bridgehead atoms. The van der Waals surface area contributed by atoms with E-state index in [0.717, 1.165) is 11.3 Å². The van der Waals surface area contributed by atoms with Crippen molar-refractivity contribution >= 4 is 40.2 Å². The smallest absolute Gasteiger partial charge is 0.410 e. The van der Waals surface area contributed by atoms with Crippen LogP contribution in [0.25, 0.3) is 0 Å². The van der Waals surface area contributed by atoms with E-state index in [9.17, 15) is 19.2 Å². The molecule has 1 atom stereocenters. The van der Waals surface area contributed by atoms with Gasteiger partial charge in [-0.05, 0) is 52.0 Å². The number of carbonyl (C=O) groups is 4. The van der Waals surface area contributed by atoms with E-state index in [4.69, 9.17) is 15.2 Å². The molecule has 160 valence electrons. The van der Waals surface area contributed by atoms with Crippen LogP contribution < -0.4 is 11.1 Å². The highest BCUT2D eigenvalue weighted by atomic mass is 32.1. The van der Waals surface area contributed by atoms with Crippen LogP contribution in [-0.4, -0.2) is 53.6 Å². The van der Waals surface area contributed by atoms with E-state index in [-0.39, 0.29) is 5.56 Å². The summed E-state index contributed by atoms with van der Waals surface area (Å²) in [6, 6.07) is 1.51. The first-order valence-electron chi connectivity index (χ1n) is 9.34. The van der Waals surface area contributed by atoms with Gasteiger partial charge in [0.2, 0.25) is 0 Å². The van der Waals surface area contributed by atoms with Gasteiger partial charge < -0.3 is 25.4 Å². The maximum atomic E-state index is 12.4. The number of nitrogens with zero attached hydrogens (tertiary/aromatic N) is 1. The molecule has 3 amide bonds. The lowest BCUT2D eigenvalue weighted by atomic mass is 9.97. The molecule has 1 aliphatic rings. The van der Waals surface area contributed by atoms with Crippen molar-refractivity contribution in [2.45, 2.75) is 52.2 Å². The highest BCUT2D eigenvalue weighted by Gasteiger charge is 2.32. The van der Waals surface area contributed by atoms with Gasteiger partial charge in [0, 0.05) is 13.1 Å². The van der Waals surface area contributed by atoms with Gasteiger partial charge in [0.1, 0.15) is 10.6 Å². The van der Waals surface area contributed by atoms with E-state index in [1.165, 1.54) is 13.0 Å². The lowest BCUT2D eigenvalue weighted by Gasteiger charge is -2.32. The first-order chi connectivity index (χ1) is 13.5. The number of piperidine rings is 1. The second-order valence-electron chi connectivity index (χ2n) is 7.84. The molecule has 29 heavy (non-hydrogen) atoms. The number of anilines is 1. The molecule has 0 spiro atoms. The van der Waals surface area contributed by atoms with Crippen molar-refractivity contribution in [2.75, 3.05) is 18.4 Å². The van der Waals surface area contributed by atoms with Gasteiger partial charge in [-0.1, -0.05) is 0 Å². The minimum atomic E-state index is -1.03. The van der Waals surface area contributed by atoms with Crippen molar-refractivity contribution in [1.29, 1.82) is 0 Å². The second kappa shape index (κ2) is 9.25. The molecule has 1 unspecified atom stereocenters. The Kier molecular flexibility index (Phi) is 7.23. The molecule has 0 saturated carbocycles. The molecule has 10 heteroatoms. The molecule has 1 saturated heterocycles. The summed E-state index contributed by atoms with van der Waals surface area (Å²) in [7, 11) is 0. The molecule has 0 aliphatic carbocycles. The molecule has 1 aromatic rings. The third kappa shape index (κ3) is 6.45. The summed E-state index contributed by atoms with van der Waals surface area (Å²) in [5, 5.41) is 4.50. The van der Waals surface area contributed by atoms with Gasteiger partial charge in [-0.15, -0.1) is 11.3 Å². The number of nitrogens with one attached hydrogen (secondary N) is 1. The lowest BCUT2D eigenvalue weighted by molar-refractivity contribution is -0.158. The molecule has 3 N–H and O–H groups in total. The molecule has 2 rings (SSSR count). The van der Waals surface area contributed by atoms with Crippen molar-refractivity contribution in [3.05, 3.63) is 17.0 Å². The Bertz CT molecular complexity index is 777. The SMILES string of the molecule is CC(OC(=O)C1CCN(C(=O)OC(C)(C)C)CC1)C(=O)Nc1sccc1C(N)=O. The summed E-state index contributed by atoms with van der Waals surface area (Å²) in [4.78, 5) is 49.6. The first kappa shape index (κ1) is 22.7. The van der Waals surface area contributed by atoms with Gasteiger partial charge in [-0.25, -0.2) is 4.79 Å². The number of esters is 1.